The predicted octanol–water partition coefficient (Wildman–Crippen LogP) is 1.97. The van der Waals surface area contributed by atoms with Crippen molar-refractivity contribution in [2.45, 2.75) is 0 Å². The summed E-state index contributed by atoms with van der Waals surface area (Å²) in [7, 11) is 0. The number of carbonyl (C=O) groups excluding carboxylic acids is 2. The highest BCUT2D eigenvalue weighted by atomic mass is 16.3. The summed E-state index contributed by atoms with van der Waals surface area (Å²) in [6, 6.07) is 16.2. The molecule has 4 rings (SSSR count). The molecule has 2 aromatic carbocycles. The molecule has 1 saturated heterocycles. The van der Waals surface area contributed by atoms with Gasteiger partial charge in [-0.3, -0.25) is 9.59 Å². The van der Waals surface area contributed by atoms with Gasteiger partial charge in [0.2, 0.25) is 0 Å². The zero-order valence-corrected chi connectivity index (χ0v) is 14.2. The van der Waals surface area contributed by atoms with Crippen LogP contribution in [0, 0.1) is 0 Å². The fourth-order valence-electron chi connectivity index (χ4n) is 3.43. The maximum Gasteiger partial charge on any atom is 0.281 e. The van der Waals surface area contributed by atoms with Gasteiger partial charge in [0.1, 0.15) is 11.4 Å². The maximum atomic E-state index is 12.8. The molecule has 0 radical (unpaired) electrons. The quantitative estimate of drug-likeness (QED) is 0.859. The summed E-state index contributed by atoms with van der Waals surface area (Å²) in [5, 5.41) is 10.0. The van der Waals surface area contributed by atoms with E-state index in [9.17, 15) is 14.7 Å². The number of para-hydroxylation sites is 3. The first-order valence-electron chi connectivity index (χ1n) is 8.58. The van der Waals surface area contributed by atoms with Gasteiger partial charge in [0.05, 0.1) is 11.4 Å². The summed E-state index contributed by atoms with van der Waals surface area (Å²) in [5.74, 6) is -0.334. The van der Waals surface area contributed by atoms with Gasteiger partial charge < -0.3 is 14.9 Å². The lowest BCUT2D eigenvalue weighted by molar-refractivity contribution is -0.121. The Morgan fingerprint density at radius 1 is 0.769 bits per heavy atom. The topological polar surface area (TPSA) is 64.1 Å². The Morgan fingerprint density at radius 3 is 2.08 bits per heavy atom. The summed E-state index contributed by atoms with van der Waals surface area (Å²) in [5.41, 5.74) is 1.82. The molecule has 2 amide bonds. The lowest BCUT2D eigenvalue weighted by Crippen LogP contribution is -2.47. The Hall–Kier alpha value is -3.28. The zero-order chi connectivity index (χ0) is 18.1. The van der Waals surface area contributed by atoms with E-state index >= 15 is 0 Å². The molecular weight excluding hydrogens is 330 g/mol. The molecule has 1 fully saturated rings. The van der Waals surface area contributed by atoms with Crippen LogP contribution in [0.3, 0.4) is 0 Å². The molecule has 2 aromatic rings. The maximum absolute atomic E-state index is 12.8. The number of piperazine rings is 1. The number of phenolic OH excluding ortho intramolecular Hbond substituents is 1. The van der Waals surface area contributed by atoms with Gasteiger partial charge in [0.15, 0.2) is 0 Å². The summed E-state index contributed by atoms with van der Waals surface area (Å²) in [6.07, 6.45) is 1.42. The average molecular weight is 349 g/mol. The molecule has 132 valence electrons. The second-order valence-electron chi connectivity index (χ2n) is 6.31. The fraction of sp³-hybridized carbons (Fsp3) is 0.200. The molecular formula is C20H19N3O3. The van der Waals surface area contributed by atoms with E-state index in [0.29, 0.717) is 37.6 Å². The summed E-state index contributed by atoms with van der Waals surface area (Å²) in [4.78, 5) is 30.3. The molecule has 0 atom stereocenters. The third kappa shape index (κ3) is 2.79. The minimum Gasteiger partial charge on any atom is -0.506 e. The van der Waals surface area contributed by atoms with Crippen molar-refractivity contribution >= 4 is 23.2 Å². The van der Waals surface area contributed by atoms with Crippen LogP contribution < -0.4 is 9.80 Å². The largest absolute Gasteiger partial charge is 0.506 e. The number of hydrogen-bond donors (Lipinski definition) is 1. The van der Waals surface area contributed by atoms with Crippen LogP contribution in [-0.4, -0.2) is 48.0 Å². The molecule has 0 spiro atoms. The second kappa shape index (κ2) is 6.55. The Labute approximate surface area is 151 Å². The highest BCUT2D eigenvalue weighted by molar-refractivity contribution is 6.30. The van der Waals surface area contributed by atoms with E-state index in [1.807, 2.05) is 23.1 Å². The lowest BCUT2D eigenvalue weighted by atomic mass is 10.2. The van der Waals surface area contributed by atoms with Crippen LogP contribution >= 0.6 is 0 Å². The van der Waals surface area contributed by atoms with Crippen LogP contribution in [0.4, 0.5) is 11.4 Å². The molecule has 2 heterocycles. The number of aromatic hydroxyl groups is 1. The molecule has 26 heavy (non-hydrogen) atoms. The normalized spacial score (nSPS) is 17.7. The van der Waals surface area contributed by atoms with Gasteiger partial charge in [0.25, 0.3) is 11.8 Å². The van der Waals surface area contributed by atoms with E-state index in [0.717, 1.165) is 5.69 Å². The molecule has 0 bridgehead atoms. The number of carbonyl (C=O) groups is 2. The fourth-order valence-corrected chi connectivity index (χ4v) is 3.43. The van der Waals surface area contributed by atoms with E-state index in [2.05, 4.69) is 4.90 Å². The first kappa shape index (κ1) is 16.2. The number of hydrogen-bond acceptors (Lipinski definition) is 5. The Balaban J connectivity index is 1.47. The van der Waals surface area contributed by atoms with Gasteiger partial charge in [-0.25, -0.2) is 4.90 Å². The van der Waals surface area contributed by atoms with Crippen LogP contribution in [0.15, 0.2) is 66.4 Å². The number of rotatable bonds is 3. The monoisotopic (exact) mass is 349 g/mol. The first-order chi connectivity index (χ1) is 12.6. The van der Waals surface area contributed by atoms with Crippen LogP contribution in [-0.2, 0) is 9.59 Å². The van der Waals surface area contributed by atoms with Crippen LogP contribution in [0.25, 0.3) is 0 Å². The number of nitrogens with zero attached hydrogens (tertiary/aromatic N) is 3. The minimum absolute atomic E-state index is 0.252. The SMILES string of the molecule is O=C1C=C(N2CCN(c3ccccc3O)CC2)C(=O)N1c1ccccc1. The molecule has 0 aliphatic carbocycles. The standard InChI is InChI=1S/C20H19N3O3/c24-18-9-5-4-8-16(18)21-10-12-22(13-11-21)17-14-19(25)23(20(17)26)15-6-2-1-3-7-15/h1-9,14,24H,10-13H2. The first-order valence-corrected chi connectivity index (χ1v) is 8.58. The van der Waals surface area contributed by atoms with Crippen LogP contribution in [0.5, 0.6) is 5.75 Å². The van der Waals surface area contributed by atoms with Crippen molar-refractivity contribution in [3.05, 3.63) is 66.4 Å². The second-order valence-corrected chi connectivity index (χ2v) is 6.31. The third-order valence-electron chi connectivity index (χ3n) is 4.76. The third-order valence-corrected chi connectivity index (χ3v) is 4.76. The molecule has 0 saturated carbocycles. The molecule has 0 unspecified atom stereocenters. The van der Waals surface area contributed by atoms with Gasteiger partial charge in [-0.1, -0.05) is 30.3 Å². The van der Waals surface area contributed by atoms with Crippen molar-refractivity contribution < 1.29 is 14.7 Å². The summed E-state index contributed by atoms with van der Waals surface area (Å²) < 4.78 is 0. The highest BCUT2D eigenvalue weighted by Crippen LogP contribution is 2.29. The number of anilines is 2. The number of imide groups is 1. The Kier molecular flexibility index (Phi) is 4.08. The number of amides is 2. The van der Waals surface area contributed by atoms with Crippen molar-refractivity contribution in [1.82, 2.24) is 4.90 Å². The molecule has 1 N–H and O–H groups in total. The summed E-state index contributed by atoms with van der Waals surface area (Å²) in [6.45, 7) is 2.56. The van der Waals surface area contributed by atoms with Crippen LogP contribution in [0.2, 0.25) is 0 Å². The van der Waals surface area contributed by atoms with E-state index in [-0.39, 0.29) is 17.6 Å². The Morgan fingerprint density at radius 2 is 1.38 bits per heavy atom. The zero-order valence-electron chi connectivity index (χ0n) is 14.2. The smallest absolute Gasteiger partial charge is 0.281 e. The Bertz CT molecular complexity index is 871. The van der Waals surface area contributed by atoms with Gasteiger partial charge in [-0.05, 0) is 24.3 Å². The molecule has 0 aromatic heterocycles. The van der Waals surface area contributed by atoms with E-state index < -0.39 is 0 Å². The van der Waals surface area contributed by atoms with E-state index in [1.165, 1.54) is 11.0 Å². The van der Waals surface area contributed by atoms with Crippen molar-refractivity contribution in [2.75, 3.05) is 36.0 Å². The average Bonchev–Trinajstić information content (AvgIpc) is 2.97. The van der Waals surface area contributed by atoms with E-state index in [1.54, 1.807) is 36.4 Å². The van der Waals surface area contributed by atoms with Gasteiger partial charge >= 0.3 is 0 Å². The number of phenols is 1. The van der Waals surface area contributed by atoms with Gasteiger partial charge in [0, 0.05) is 32.3 Å². The molecule has 6 heteroatoms. The highest BCUT2D eigenvalue weighted by Gasteiger charge is 2.36. The molecule has 2 aliphatic rings. The minimum atomic E-state index is -0.306. The molecule has 6 nitrogen and oxygen atoms in total. The molecule has 2 aliphatic heterocycles. The lowest BCUT2D eigenvalue weighted by Gasteiger charge is -2.37. The van der Waals surface area contributed by atoms with Crippen molar-refractivity contribution in [1.29, 1.82) is 0 Å². The van der Waals surface area contributed by atoms with Gasteiger partial charge in [-0.15, -0.1) is 0 Å². The number of benzene rings is 2. The van der Waals surface area contributed by atoms with Gasteiger partial charge in [-0.2, -0.15) is 0 Å². The van der Waals surface area contributed by atoms with E-state index in [4.69, 9.17) is 0 Å². The van der Waals surface area contributed by atoms with Crippen molar-refractivity contribution in [3.8, 4) is 5.75 Å². The summed E-state index contributed by atoms with van der Waals surface area (Å²) >= 11 is 0. The van der Waals surface area contributed by atoms with Crippen molar-refractivity contribution in [2.24, 2.45) is 0 Å². The van der Waals surface area contributed by atoms with Crippen molar-refractivity contribution in [3.63, 3.8) is 0 Å². The van der Waals surface area contributed by atoms with Crippen LogP contribution in [0.1, 0.15) is 0 Å². The predicted molar refractivity (Wildman–Crippen MR) is 98.9 cm³/mol.